The van der Waals surface area contributed by atoms with E-state index < -0.39 is 9.04 Å². The molecule has 0 N–H and O–H groups in total. The normalized spacial score (nSPS) is 12.6. The van der Waals surface area contributed by atoms with E-state index >= 15 is 0 Å². The molecule has 0 spiro atoms. The maximum Gasteiger partial charge on any atom is 0.333 e. The van der Waals surface area contributed by atoms with Crippen molar-refractivity contribution in [1.29, 1.82) is 0 Å². The van der Waals surface area contributed by atoms with Gasteiger partial charge in [-0.1, -0.05) is 6.58 Å². The summed E-state index contributed by atoms with van der Waals surface area (Å²) in [6.45, 7) is 12.0. The Morgan fingerprint density at radius 3 is 2.53 bits per heavy atom. The minimum absolute atomic E-state index is 0.278. The second-order valence-corrected chi connectivity index (χ2v) is 6.42. The Morgan fingerprint density at radius 1 is 1.47 bits per heavy atom. The van der Waals surface area contributed by atoms with Crippen LogP contribution in [-0.4, -0.2) is 27.7 Å². The highest BCUT2D eigenvalue weighted by Gasteiger charge is 2.06. The quantitative estimate of drug-likeness (QED) is 0.291. The lowest BCUT2D eigenvalue weighted by Gasteiger charge is -2.15. The summed E-state index contributed by atoms with van der Waals surface area (Å²) in [6, 6.07) is 0. The molecule has 15 heavy (non-hydrogen) atoms. The Balaban J connectivity index is 3.46. The van der Waals surface area contributed by atoms with Crippen LogP contribution in [0.15, 0.2) is 12.2 Å². The van der Waals surface area contributed by atoms with E-state index in [9.17, 15) is 4.79 Å². The SMILES string of the molecule is C=C(C)C(=O)OCCCC(C)O[SiH](C)C. The van der Waals surface area contributed by atoms with Gasteiger partial charge in [-0.05, 0) is 39.8 Å². The molecule has 88 valence electrons. The lowest BCUT2D eigenvalue weighted by atomic mass is 10.2. The van der Waals surface area contributed by atoms with Gasteiger partial charge in [0.1, 0.15) is 0 Å². The van der Waals surface area contributed by atoms with E-state index in [1.54, 1.807) is 6.92 Å². The molecule has 0 aromatic heterocycles. The van der Waals surface area contributed by atoms with Crippen LogP contribution >= 0.6 is 0 Å². The van der Waals surface area contributed by atoms with Crippen molar-refractivity contribution in [3.8, 4) is 0 Å². The lowest BCUT2D eigenvalue weighted by Crippen LogP contribution is -2.18. The van der Waals surface area contributed by atoms with Crippen molar-refractivity contribution in [2.45, 2.75) is 45.9 Å². The second kappa shape index (κ2) is 7.65. The topological polar surface area (TPSA) is 35.5 Å². The number of rotatable bonds is 7. The summed E-state index contributed by atoms with van der Waals surface area (Å²) >= 11 is 0. The summed E-state index contributed by atoms with van der Waals surface area (Å²) in [6.07, 6.45) is 2.07. The molecule has 0 saturated carbocycles. The predicted molar refractivity (Wildman–Crippen MR) is 64.4 cm³/mol. The van der Waals surface area contributed by atoms with E-state index in [0.29, 0.717) is 12.2 Å². The summed E-state index contributed by atoms with van der Waals surface area (Å²) in [5, 5.41) is 0. The lowest BCUT2D eigenvalue weighted by molar-refractivity contribution is -0.139. The first kappa shape index (κ1) is 14.4. The molecule has 0 bridgehead atoms. The third kappa shape index (κ3) is 8.39. The van der Waals surface area contributed by atoms with Crippen LogP contribution in [0.2, 0.25) is 13.1 Å². The van der Waals surface area contributed by atoms with Crippen LogP contribution < -0.4 is 0 Å². The first-order valence-electron chi connectivity index (χ1n) is 5.41. The molecule has 0 radical (unpaired) electrons. The number of esters is 1. The van der Waals surface area contributed by atoms with Crippen molar-refractivity contribution >= 4 is 15.0 Å². The van der Waals surface area contributed by atoms with Gasteiger partial charge in [-0.2, -0.15) is 0 Å². The van der Waals surface area contributed by atoms with Crippen molar-refractivity contribution in [1.82, 2.24) is 0 Å². The first-order chi connectivity index (χ1) is 6.93. The standard InChI is InChI=1S/C11H22O3Si/c1-9(2)11(12)13-8-6-7-10(3)14-15(4)5/h10,15H,1,6-8H2,2-5H3. The minimum Gasteiger partial charge on any atom is -0.462 e. The highest BCUT2D eigenvalue weighted by atomic mass is 28.3. The van der Waals surface area contributed by atoms with Crippen LogP contribution in [0.3, 0.4) is 0 Å². The summed E-state index contributed by atoms with van der Waals surface area (Å²) < 4.78 is 10.7. The molecular weight excluding hydrogens is 208 g/mol. The fraction of sp³-hybridized carbons (Fsp3) is 0.727. The zero-order valence-electron chi connectivity index (χ0n) is 10.2. The van der Waals surface area contributed by atoms with E-state index in [0.717, 1.165) is 12.8 Å². The van der Waals surface area contributed by atoms with Gasteiger partial charge in [-0.25, -0.2) is 4.79 Å². The van der Waals surface area contributed by atoms with Crippen LogP contribution in [0.25, 0.3) is 0 Å². The summed E-state index contributed by atoms with van der Waals surface area (Å²) in [5.41, 5.74) is 0.453. The van der Waals surface area contributed by atoms with Gasteiger partial charge < -0.3 is 9.16 Å². The van der Waals surface area contributed by atoms with Gasteiger partial charge in [0.2, 0.25) is 0 Å². The Bertz CT molecular complexity index is 214. The maximum atomic E-state index is 11.0. The van der Waals surface area contributed by atoms with Crippen LogP contribution in [0.4, 0.5) is 0 Å². The Morgan fingerprint density at radius 2 is 2.07 bits per heavy atom. The minimum atomic E-state index is -0.938. The van der Waals surface area contributed by atoms with Crippen LogP contribution in [0.5, 0.6) is 0 Å². The highest BCUT2D eigenvalue weighted by molar-refractivity contribution is 6.48. The van der Waals surface area contributed by atoms with Gasteiger partial charge in [0.05, 0.1) is 6.61 Å². The van der Waals surface area contributed by atoms with Crippen LogP contribution in [0, 0.1) is 0 Å². The van der Waals surface area contributed by atoms with Gasteiger partial charge in [-0.15, -0.1) is 0 Å². The molecule has 1 atom stereocenters. The number of carbonyl (C=O) groups excluding carboxylic acids is 1. The third-order valence-corrected chi connectivity index (χ3v) is 2.85. The number of hydrogen-bond donors (Lipinski definition) is 0. The number of ether oxygens (including phenoxy) is 1. The van der Waals surface area contributed by atoms with E-state index in [1.807, 2.05) is 0 Å². The van der Waals surface area contributed by atoms with Crippen molar-refractivity contribution in [2.24, 2.45) is 0 Å². The Hall–Kier alpha value is -0.613. The molecule has 0 aliphatic heterocycles. The largest absolute Gasteiger partial charge is 0.462 e. The molecule has 3 nitrogen and oxygen atoms in total. The number of hydrogen-bond acceptors (Lipinski definition) is 3. The first-order valence-corrected chi connectivity index (χ1v) is 8.19. The molecule has 0 amide bonds. The molecule has 1 unspecified atom stereocenters. The van der Waals surface area contributed by atoms with E-state index in [-0.39, 0.29) is 12.1 Å². The molecule has 0 saturated heterocycles. The number of carbonyl (C=O) groups is 1. The van der Waals surface area contributed by atoms with Crippen molar-refractivity contribution in [3.05, 3.63) is 12.2 Å². The molecule has 0 fully saturated rings. The zero-order chi connectivity index (χ0) is 11.8. The van der Waals surface area contributed by atoms with Crippen LogP contribution in [0.1, 0.15) is 26.7 Å². The maximum absolute atomic E-state index is 11.0. The van der Waals surface area contributed by atoms with Gasteiger partial charge in [0.25, 0.3) is 0 Å². The van der Waals surface area contributed by atoms with Crippen molar-refractivity contribution in [2.75, 3.05) is 6.61 Å². The van der Waals surface area contributed by atoms with E-state index in [4.69, 9.17) is 9.16 Å². The van der Waals surface area contributed by atoms with E-state index in [2.05, 4.69) is 26.6 Å². The summed E-state index contributed by atoms with van der Waals surface area (Å²) in [7, 11) is -0.938. The molecule has 0 rings (SSSR count). The predicted octanol–water partition coefficient (Wildman–Crippen LogP) is 2.27. The average molecular weight is 230 g/mol. The van der Waals surface area contributed by atoms with E-state index in [1.165, 1.54) is 0 Å². The molecule has 0 aliphatic rings. The molecule has 0 aliphatic carbocycles. The smallest absolute Gasteiger partial charge is 0.333 e. The zero-order valence-corrected chi connectivity index (χ0v) is 11.4. The third-order valence-electron chi connectivity index (χ3n) is 1.84. The molecular formula is C11H22O3Si. The molecule has 4 heteroatoms. The summed E-state index contributed by atoms with van der Waals surface area (Å²) in [4.78, 5) is 11.0. The summed E-state index contributed by atoms with van der Waals surface area (Å²) in [5.74, 6) is -0.304. The monoisotopic (exact) mass is 230 g/mol. The van der Waals surface area contributed by atoms with Crippen molar-refractivity contribution in [3.63, 3.8) is 0 Å². The average Bonchev–Trinajstić information content (AvgIpc) is 2.10. The molecule has 0 aromatic rings. The Labute approximate surface area is 94.2 Å². The molecule has 0 heterocycles. The van der Waals surface area contributed by atoms with Gasteiger partial charge in [0.15, 0.2) is 9.04 Å². The van der Waals surface area contributed by atoms with Crippen molar-refractivity contribution < 1.29 is 14.0 Å². The fourth-order valence-electron chi connectivity index (χ4n) is 1.19. The van der Waals surface area contributed by atoms with Gasteiger partial charge >= 0.3 is 5.97 Å². The van der Waals surface area contributed by atoms with Gasteiger partial charge in [-0.3, -0.25) is 0 Å². The second-order valence-electron chi connectivity index (χ2n) is 4.05. The fourth-order valence-corrected chi connectivity index (χ4v) is 2.26. The van der Waals surface area contributed by atoms with Crippen LogP contribution in [-0.2, 0) is 14.0 Å². The molecule has 0 aromatic carbocycles. The Kier molecular flexibility index (Phi) is 7.34. The van der Waals surface area contributed by atoms with Gasteiger partial charge in [0, 0.05) is 11.7 Å². The highest BCUT2D eigenvalue weighted by Crippen LogP contribution is 2.04.